The predicted molar refractivity (Wildman–Crippen MR) is 68.2 cm³/mol. The molecule has 0 unspecified atom stereocenters. The minimum atomic E-state index is -3.77. The number of nitrogens with one attached hydrogen (secondary N) is 2. The summed E-state index contributed by atoms with van der Waals surface area (Å²) in [6, 6.07) is 3.56. The van der Waals surface area contributed by atoms with Crippen molar-refractivity contribution in [2.45, 2.75) is 18.4 Å². The van der Waals surface area contributed by atoms with Crippen LogP contribution in [0.1, 0.15) is 11.4 Å². The average molecular weight is 297 g/mol. The zero-order valence-electron chi connectivity index (χ0n) is 10.4. The Bertz CT molecular complexity index is 726. The van der Waals surface area contributed by atoms with Crippen LogP contribution in [0.25, 0.3) is 0 Å². The van der Waals surface area contributed by atoms with Gasteiger partial charge in [-0.3, -0.25) is 15.2 Å². The van der Waals surface area contributed by atoms with Gasteiger partial charge in [-0.05, 0) is 18.6 Å². The summed E-state index contributed by atoms with van der Waals surface area (Å²) in [4.78, 5) is 13.8. The van der Waals surface area contributed by atoms with Gasteiger partial charge in [0.25, 0.3) is 5.69 Å². The number of benzene rings is 1. The minimum absolute atomic E-state index is 0.0115. The minimum Gasteiger partial charge on any atom is -0.262 e. The molecule has 0 radical (unpaired) electrons. The van der Waals surface area contributed by atoms with Crippen LogP contribution in [0.3, 0.4) is 0 Å². The number of nitro groups is 1. The fourth-order valence-electron chi connectivity index (χ4n) is 1.61. The highest BCUT2D eigenvalue weighted by Crippen LogP contribution is 2.20. The Morgan fingerprint density at radius 2 is 2.20 bits per heavy atom. The maximum absolute atomic E-state index is 12.1. The maximum atomic E-state index is 12.1. The van der Waals surface area contributed by atoms with Crippen molar-refractivity contribution >= 4 is 15.7 Å². The van der Waals surface area contributed by atoms with Crippen LogP contribution >= 0.6 is 0 Å². The van der Waals surface area contributed by atoms with E-state index in [1.54, 1.807) is 0 Å². The topological polar surface area (TPSA) is 131 Å². The lowest BCUT2D eigenvalue weighted by Crippen LogP contribution is -2.24. The highest BCUT2D eigenvalue weighted by atomic mass is 32.2. The molecule has 20 heavy (non-hydrogen) atoms. The van der Waals surface area contributed by atoms with Crippen molar-refractivity contribution in [1.82, 2.24) is 19.9 Å². The second-order valence-electron chi connectivity index (χ2n) is 3.96. The molecule has 10 heteroatoms. The lowest BCUT2D eigenvalue weighted by Gasteiger charge is -2.07. The Kier molecular flexibility index (Phi) is 3.77. The van der Waals surface area contributed by atoms with Crippen molar-refractivity contribution in [3.63, 3.8) is 0 Å². The number of H-pyrrole nitrogens is 1. The van der Waals surface area contributed by atoms with Crippen LogP contribution < -0.4 is 4.72 Å². The smallest absolute Gasteiger partial charge is 0.262 e. The molecule has 2 aromatic rings. The molecule has 0 fully saturated rings. The number of aromatic nitrogens is 3. The molecular formula is C10H11N5O4S. The molecule has 0 amide bonds. The second-order valence-corrected chi connectivity index (χ2v) is 5.70. The first-order valence-electron chi connectivity index (χ1n) is 5.49. The molecule has 0 aliphatic heterocycles. The van der Waals surface area contributed by atoms with Gasteiger partial charge >= 0.3 is 0 Å². The monoisotopic (exact) mass is 297 g/mol. The van der Waals surface area contributed by atoms with Gasteiger partial charge in [0.05, 0.1) is 16.4 Å². The number of rotatable bonds is 5. The van der Waals surface area contributed by atoms with E-state index in [1.165, 1.54) is 25.4 Å². The molecule has 1 aromatic heterocycles. The van der Waals surface area contributed by atoms with Gasteiger partial charge in [0.1, 0.15) is 12.2 Å². The van der Waals surface area contributed by atoms with E-state index < -0.39 is 14.9 Å². The number of sulfonamides is 1. The van der Waals surface area contributed by atoms with Crippen LogP contribution in [-0.2, 0) is 16.6 Å². The van der Waals surface area contributed by atoms with E-state index in [9.17, 15) is 18.5 Å². The fourth-order valence-corrected chi connectivity index (χ4v) is 2.82. The second kappa shape index (κ2) is 5.35. The number of aromatic amines is 1. The number of hydrogen-bond donors (Lipinski definition) is 2. The first-order chi connectivity index (χ1) is 9.40. The normalized spacial score (nSPS) is 11.4. The molecule has 1 aromatic carbocycles. The van der Waals surface area contributed by atoms with Crippen molar-refractivity contribution in [3.05, 3.63) is 46.0 Å². The van der Waals surface area contributed by atoms with E-state index in [0.717, 1.165) is 6.07 Å². The zero-order chi connectivity index (χ0) is 14.8. The summed E-state index contributed by atoms with van der Waals surface area (Å²) in [6.45, 7) is 1.45. The predicted octanol–water partition coefficient (Wildman–Crippen LogP) is 0.500. The van der Waals surface area contributed by atoms with Crippen molar-refractivity contribution in [1.29, 1.82) is 0 Å². The molecule has 0 saturated carbocycles. The van der Waals surface area contributed by atoms with Crippen molar-refractivity contribution in [3.8, 4) is 0 Å². The summed E-state index contributed by atoms with van der Waals surface area (Å²) in [7, 11) is -3.77. The maximum Gasteiger partial charge on any atom is 0.269 e. The van der Waals surface area contributed by atoms with Crippen LogP contribution in [0.5, 0.6) is 0 Å². The van der Waals surface area contributed by atoms with Crippen molar-refractivity contribution < 1.29 is 13.3 Å². The molecule has 0 atom stereocenters. The van der Waals surface area contributed by atoms with E-state index in [0.29, 0.717) is 11.4 Å². The quantitative estimate of drug-likeness (QED) is 0.610. The standard InChI is InChI=1S/C10H11N5O4S/c1-7-4-8(15(16)17)2-3-9(7)20(18,19)13-5-10-11-6-12-14-10/h2-4,6,13H,5H2,1H3,(H,11,12,14). The number of nitro benzene ring substituents is 1. The van der Waals surface area contributed by atoms with Gasteiger partial charge in [0.15, 0.2) is 0 Å². The van der Waals surface area contributed by atoms with Crippen LogP contribution in [0.15, 0.2) is 29.4 Å². The van der Waals surface area contributed by atoms with E-state index in [4.69, 9.17) is 0 Å². The molecule has 0 bridgehead atoms. The van der Waals surface area contributed by atoms with Crippen LogP contribution in [0.2, 0.25) is 0 Å². The summed E-state index contributed by atoms with van der Waals surface area (Å²) >= 11 is 0. The Morgan fingerprint density at radius 1 is 1.45 bits per heavy atom. The molecule has 106 valence electrons. The highest BCUT2D eigenvalue weighted by molar-refractivity contribution is 7.89. The van der Waals surface area contributed by atoms with Gasteiger partial charge in [-0.15, -0.1) is 0 Å². The number of non-ortho nitro benzene ring substituents is 1. The Morgan fingerprint density at radius 3 is 2.75 bits per heavy atom. The number of hydrogen-bond acceptors (Lipinski definition) is 6. The summed E-state index contributed by atoms with van der Waals surface area (Å²) in [6.07, 6.45) is 1.26. The largest absolute Gasteiger partial charge is 0.269 e. The summed E-state index contributed by atoms with van der Waals surface area (Å²) in [5.41, 5.74) is 0.140. The van der Waals surface area contributed by atoms with E-state index in [-0.39, 0.29) is 17.1 Å². The average Bonchev–Trinajstić information content (AvgIpc) is 2.89. The van der Waals surface area contributed by atoms with E-state index in [1.807, 2.05) is 0 Å². The van der Waals surface area contributed by atoms with Crippen LogP contribution in [-0.4, -0.2) is 28.5 Å². The van der Waals surface area contributed by atoms with Crippen molar-refractivity contribution in [2.24, 2.45) is 0 Å². The van der Waals surface area contributed by atoms with Crippen molar-refractivity contribution in [2.75, 3.05) is 0 Å². The molecule has 0 aliphatic carbocycles. The summed E-state index contributed by atoms with van der Waals surface area (Å²) < 4.78 is 26.5. The third-order valence-corrected chi connectivity index (χ3v) is 4.11. The molecule has 2 rings (SSSR count). The van der Waals surface area contributed by atoms with Gasteiger partial charge < -0.3 is 0 Å². The first kappa shape index (κ1) is 14.1. The van der Waals surface area contributed by atoms with Gasteiger partial charge in [-0.2, -0.15) is 5.10 Å². The Balaban J connectivity index is 2.23. The molecule has 0 saturated heterocycles. The summed E-state index contributed by atoms with van der Waals surface area (Å²) in [5.74, 6) is 0.369. The first-order valence-corrected chi connectivity index (χ1v) is 6.97. The van der Waals surface area contributed by atoms with Gasteiger partial charge in [0, 0.05) is 12.1 Å². The lowest BCUT2D eigenvalue weighted by atomic mass is 10.2. The van der Waals surface area contributed by atoms with Crippen LogP contribution in [0.4, 0.5) is 5.69 Å². The van der Waals surface area contributed by atoms with Gasteiger partial charge in [0.2, 0.25) is 10.0 Å². The van der Waals surface area contributed by atoms with Gasteiger partial charge in [-0.25, -0.2) is 18.1 Å². The molecule has 0 spiro atoms. The van der Waals surface area contributed by atoms with Crippen LogP contribution in [0, 0.1) is 17.0 Å². The van der Waals surface area contributed by atoms with E-state index in [2.05, 4.69) is 19.9 Å². The lowest BCUT2D eigenvalue weighted by molar-refractivity contribution is -0.385. The third-order valence-electron chi connectivity index (χ3n) is 2.55. The molecule has 1 heterocycles. The molecule has 9 nitrogen and oxygen atoms in total. The van der Waals surface area contributed by atoms with Gasteiger partial charge in [-0.1, -0.05) is 0 Å². The zero-order valence-corrected chi connectivity index (χ0v) is 11.2. The molecule has 2 N–H and O–H groups in total. The third kappa shape index (κ3) is 2.97. The number of aryl methyl sites for hydroxylation is 1. The SMILES string of the molecule is Cc1cc([N+](=O)[O-])ccc1S(=O)(=O)NCc1ncn[nH]1. The molecule has 0 aliphatic rings. The highest BCUT2D eigenvalue weighted by Gasteiger charge is 2.19. The number of nitrogens with zero attached hydrogens (tertiary/aromatic N) is 3. The Labute approximate surface area is 114 Å². The Hall–Kier alpha value is -2.33. The molecular weight excluding hydrogens is 286 g/mol. The van der Waals surface area contributed by atoms with E-state index >= 15 is 0 Å². The fraction of sp³-hybridized carbons (Fsp3) is 0.200. The summed E-state index contributed by atoms with van der Waals surface area (Å²) in [5, 5.41) is 16.7.